The Morgan fingerprint density at radius 1 is 1.10 bits per heavy atom. The predicted octanol–water partition coefficient (Wildman–Crippen LogP) is 4.21. The van der Waals surface area contributed by atoms with Crippen molar-refractivity contribution in [3.63, 3.8) is 0 Å². The summed E-state index contributed by atoms with van der Waals surface area (Å²) in [6.07, 6.45) is -3.09. The summed E-state index contributed by atoms with van der Waals surface area (Å²) in [5.74, 6) is -0.280. The van der Waals surface area contributed by atoms with Crippen LogP contribution in [0.2, 0.25) is 0 Å². The van der Waals surface area contributed by atoms with E-state index in [4.69, 9.17) is 5.73 Å². The van der Waals surface area contributed by atoms with Crippen molar-refractivity contribution in [3.05, 3.63) is 58.3 Å². The molecule has 1 atom stereocenters. The summed E-state index contributed by atoms with van der Waals surface area (Å²) in [6, 6.07) is 8.44. The Kier molecular flexibility index (Phi) is 6.00. The lowest BCUT2D eigenvalue weighted by atomic mass is 10.0. The van der Waals surface area contributed by atoms with Crippen LogP contribution in [-0.4, -0.2) is 11.3 Å². The zero-order valence-electron chi connectivity index (χ0n) is 10.5. The molecule has 0 unspecified atom stereocenters. The standard InChI is InChI=1S/C13H10BrF3N2O.ClH/c14-9-3-6-11(19-7-9)12(18)8-1-4-10(5-2-8)20-13(15,16)17;/h1-7,12H,18H2;1H/t12-;/m1./s1. The van der Waals surface area contributed by atoms with Crippen molar-refractivity contribution in [2.24, 2.45) is 5.73 Å². The summed E-state index contributed by atoms with van der Waals surface area (Å²) < 4.78 is 40.7. The van der Waals surface area contributed by atoms with E-state index in [-0.39, 0.29) is 18.2 Å². The first-order valence-electron chi connectivity index (χ1n) is 5.58. The highest BCUT2D eigenvalue weighted by Crippen LogP contribution is 2.25. The van der Waals surface area contributed by atoms with Crippen LogP contribution in [0.3, 0.4) is 0 Å². The number of nitrogens with zero attached hydrogens (tertiary/aromatic N) is 1. The van der Waals surface area contributed by atoms with Gasteiger partial charge < -0.3 is 10.5 Å². The largest absolute Gasteiger partial charge is 0.573 e. The molecule has 0 aliphatic heterocycles. The van der Waals surface area contributed by atoms with Crippen molar-refractivity contribution in [3.8, 4) is 5.75 Å². The molecule has 2 N–H and O–H groups in total. The molecule has 21 heavy (non-hydrogen) atoms. The molecular formula is C13H11BrClF3N2O. The Bertz CT molecular complexity index is 575. The van der Waals surface area contributed by atoms with Gasteiger partial charge in [0.15, 0.2) is 0 Å². The Morgan fingerprint density at radius 3 is 2.19 bits per heavy atom. The highest BCUT2D eigenvalue weighted by atomic mass is 79.9. The Balaban J connectivity index is 0.00000220. The van der Waals surface area contributed by atoms with Crippen molar-refractivity contribution in [2.75, 3.05) is 0 Å². The normalized spacial score (nSPS) is 12.4. The van der Waals surface area contributed by atoms with E-state index in [1.165, 1.54) is 24.3 Å². The number of pyridine rings is 1. The second-order valence-electron chi connectivity index (χ2n) is 4.00. The van der Waals surface area contributed by atoms with Crippen LogP contribution < -0.4 is 10.5 Å². The van der Waals surface area contributed by atoms with Crippen molar-refractivity contribution < 1.29 is 17.9 Å². The molecule has 0 aliphatic carbocycles. The van der Waals surface area contributed by atoms with E-state index in [0.29, 0.717) is 11.3 Å². The average molecular weight is 384 g/mol. The zero-order valence-corrected chi connectivity index (χ0v) is 12.9. The van der Waals surface area contributed by atoms with Gasteiger partial charge in [0, 0.05) is 10.7 Å². The van der Waals surface area contributed by atoms with Crippen LogP contribution in [0.25, 0.3) is 0 Å². The molecule has 0 amide bonds. The van der Waals surface area contributed by atoms with Crippen molar-refractivity contribution in [1.82, 2.24) is 4.98 Å². The molecule has 0 fully saturated rings. The molecule has 0 bridgehead atoms. The van der Waals surface area contributed by atoms with Crippen molar-refractivity contribution in [1.29, 1.82) is 0 Å². The van der Waals surface area contributed by atoms with Crippen molar-refractivity contribution in [2.45, 2.75) is 12.4 Å². The summed E-state index contributed by atoms with van der Waals surface area (Å²) >= 11 is 3.26. The van der Waals surface area contributed by atoms with Gasteiger partial charge in [-0.3, -0.25) is 4.98 Å². The second-order valence-corrected chi connectivity index (χ2v) is 4.91. The summed E-state index contributed by atoms with van der Waals surface area (Å²) in [5, 5.41) is 0. The van der Waals surface area contributed by atoms with Crippen LogP contribution >= 0.6 is 28.3 Å². The lowest BCUT2D eigenvalue weighted by molar-refractivity contribution is -0.274. The molecule has 0 radical (unpaired) electrons. The lowest BCUT2D eigenvalue weighted by Crippen LogP contribution is -2.17. The molecule has 1 aromatic carbocycles. The maximum absolute atomic E-state index is 12.0. The van der Waals surface area contributed by atoms with Crippen LogP contribution in [0.1, 0.15) is 17.3 Å². The summed E-state index contributed by atoms with van der Waals surface area (Å²) in [4.78, 5) is 4.15. The van der Waals surface area contributed by atoms with E-state index in [9.17, 15) is 13.2 Å². The first-order chi connectivity index (χ1) is 9.35. The number of aromatic nitrogens is 1. The average Bonchev–Trinajstić information content (AvgIpc) is 2.38. The van der Waals surface area contributed by atoms with E-state index in [1.807, 2.05) is 0 Å². The monoisotopic (exact) mass is 382 g/mol. The number of nitrogens with two attached hydrogens (primary N) is 1. The minimum absolute atomic E-state index is 0. The quantitative estimate of drug-likeness (QED) is 0.863. The van der Waals surface area contributed by atoms with Crippen molar-refractivity contribution >= 4 is 28.3 Å². The van der Waals surface area contributed by atoms with E-state index in [0.717, 1.165) is 4.47 Å². The van der Waals surface area contributed by atoms with Gasteiger partial charge >= 0.3 is 6.36 Å². The molecule has 1 aromatic heterocycles. The number of benzene rings is 1. The third-order valence-electron chi connectivity index (χ3n) is 2.54. The molecule has 0 saturated heterocycles. The molecule has 8 heteroatoms. The van der Waals surface area contributed by atoms with E-state index >= 15 is 0 Å². The van der Waals surface area contributed by atoms with Gasteiger partial charge in [-0.25, -0.2) is 0 Å². The Labute approximate surface area is 133 Å². The maximum atomic E-state index is 12.0. The molecule has 1 heterocycles. The number of alkyl halides is 3. The highest BCUT2D eigenvalue weighted by molar-refractivity contribution is 9.10. The van der Waals surface area contributed by atoms with Gasteiger partial charge in [0.05, 0.1) is 11.7 Å². The van der Waals surface area contributed by atoms with Gasteiger partial charge in [-0.05, 0) is 45.8 Å². The number of hydrogen-bond donors (Lipinski definition) is 1. The Morgan fingerprint density at radius 2 is 1.71 bits per heavy atom. The van der Waals surface area contributed by atoms with E-state index in [2.05, 4.69) is 25.7 Å². The zero-order chi connectivity index (χ0) is 14.8. The van der Waals surface area contributed by atoms with Gasteiger partial charge in [-0.2, -0.15) is 0 Å². The summed E-state index contributed by atoms with van der Waals surface area (Å²) in [5.41, 5.74) is 7.27. The van der Waals surface area contributed by atoms with Gasteiger partial charge in [0.1, 0.15) is 5.75 Å². The molecule has 114 valence electrons. The third kappa shape index (κ3) is 5.18. The molecule has 3 nitrogen and oxygen atoms in total. The number of halogens is 5. The maximum Gasteiger partial charge on any atom is 0.573 e. The van der Waals surface area contributed by atoms with Crippen LogP contribution in [0.5, 0.6) is 5.75 Å². The lowest BCUT2D eigenvalue weighted by Gasteiger charge is -2.13. The van der Waals surface area contributed by atoms with Gasteiger partial charge in [-0.15, -0.1) is 25.6 Å². The SMILES string of the molecule is Cl.N[C@H](c1ccc(OC(F)(F)F)cc1)c1ccc(Br)cn1. The molecular weight excluding hydrogens is 373 g/mol. The van der Waals surface area contributed by atoms with E-state index < -0.39 is 12.4 Å². The molecule has 2 rings (SSSR count). The number of rotatable bonds is 3. The van der Waals surface area contributed by atoms with Gasteiger partial charge in [0.25, 0.3) is 0 Å². The van der Waals surface area contributed by atoms with Gasteiger partial charge in [0.2, 0.25) is 0 Å². The first kappa shape index (κ1) is 17.7. The van der Waals surface area contributed by atoms with Crippen LogP contribution in [0.15, 0.2) is 47.1 Å². The number of ether oxygens (including phenoxy) is 1. The fraction of sp³-hybridized carbons (Fsp3) is 0.154. The van der Waals surface area contributed by atoms with Crippen LogP contribution in [0.4, 0.5) is 13.2 Å². The smallest absolute Gasteiger partial charge is 0.406 e. The van der Waals surface area contributed by atoms with Gasteiger partial charge in [-0.1, -0.05) is 12.1 Å². The van der Waals surface area contributed by atoms with E-state index in [1.54, 1.807) is 18.3 Å². The third-order valence-corrected chi connectivity index (χ3v) is 3.01. The molecule has 0 spiro atoms. The van der Waals surface area contributed by atoms with Crippen LogP contribution in [-0.2, 0) is 0 Å². The fourth-order valence-corrected chi connectivity index (χ4v) is 1.85. The first-order valence-corrected chi connectivity index (χ1v) is 6.37. The second kappa shape index (κ2) is 7.11. The topological polar surface area (TPSA) is 48.1 Å². The molecule has 0 saturated carbocycles. The summed E-state index contributed by atoms with van der Waals surface area (Å²) in [6.45, 7) is 0. The number of hydrogen-bond acceptors (Lipinski definition) is 3. The minimum Gasteiger partial charge on any atom is -0.406 e. The molecule has 2 aromatic rings. The molecule has 0 aliphatic rings. The minimum atomic E-state index is -4.70. The fourth-order valence-electron chi connectivity index (χ4n) is 1.62. The summed E-state index contributed by atoms with van der Waals surface area (Å²) in [7, 11) is 0. The van der Waals surface area contributed by atoms with Crippen LogP contribution in [0, 0.1) is 0 Å². The highest BCUT2D eigenvalue weighted by Gasteiger charge is 2.31. The Hall–Kier alpha value is -1.31. The predicted molar refractivity (Wildman–Crippen MR) is 78.3 cm³/mol.